The van der Waals surface area contributed by atoms with E-state index in [0.29, 0.717) is 28.9 Å². The number of benzene rings is 1. The van der Waals surface area contributed by atoms with E-state index in [1.165, 1.54) is 11.0 Å². The van der Waals surface area contributed by atoms with Crippen LogP contribution in [0, 0.1) is 11.3 Å². The van der Waals surface area contributed by atoms with Gasteiger partial charge in [-0.2, -0.15) is 18.1 Å². The van der Waals surface area contributed by atoms with Crippen LogP contribution in [0.15, 0.2) is 12.1 Å². The van der Waals surface area contributed by atoms with Crippen LogP contribution in [0.5, 0.6) is 0 Å². The summed E-state index contributed by atoms with van der Waals surface area (Å²) in [6, 6.07) is 1.11. The van der Waals surface area contributed by atoms with Gasteiger partial charge in [0.05, 0.1) is 16.0 Å². The monoisotopic (exact) mass is 573 g/mol. The number of urea groups is 1. The minimum atomic E-state index is -4.64. The van der Waals surface area contributed by atoms with E-state index < -0.39 is 64.4 Å². The number of halogens is 4. The lowest BCUT2D eigenvalue weighted by Gasteiger charge is -2.27. The van der Waals surface area contributed by atoms with E-state index in [9.17, 15) is 37.1 Å². The minimum Gasteiger partial charge on any atom is -0.427 e. The van der Waals surface area contributed by atoms with Crippen LogP contribution in [0.1, 0.15) is 63.1 Å². The molecule has 3 aliphatic rings. The molecule has 1 saturated carbocycles. The SMILES string of the molecule is CC(C)(C)C(=O)OCOC(=O)N1C(=O)N[C@](CCC(=O)N2Cc3cc(Cl)c(C(F)(F)F)cc3C2)(C2CC2)C1=O. The zero-order valence-electron chi connectivity index (χ0n) is 21.4. The van der Waals surface area contributed by atoms with Crippen molar-refractivity contribution in [3.05, 3.63) is 33.8 Å². The van der Waals surface area contributed by atoms with Gasteiger partial charge in [-0.1, -0.05) is 11.6 Å². The molecule has 2 aliphatic heterocycles. The first-order valence-corrected chi connectivity index (χ1v) is 12.6. The number of rotatable bonds is 6. The number of carbonyl (C=O) groups excluding carboxylic acids is 5. The van der Waals surface area contributed by atoms with Crippen molar-refractivity contribution in [1.29, 1.82) is 0 Å². The van der Waals surface area contributed by atoms with E-state index in [0.717, 1.165) is 6.07 Å². The van der Waals surface area contributed by atoms with E-state index >= 15 is 0 Å². The number of amides is 5. The van der Waals surface area contributed by atoms with Gasteiger partial charge in [0, 0.05) is 19.5 Å². The molecule has 1 N–H and O–H groups in total. The highest BCUT2D eigenvalue weighted by Gasteiger charge is 2.61. The van der Waals surface area contributed by atoms with Gasteiger partial charge in [-0.15, -0.1) is 0 Å². The standard InChI is InChI=1S/C25H27ClF3N3O7/c1-23(2,3)20(35)38-12-39-22(37)32-19(34)24(15-4-5-15,30-21(32)36)7-6-18(33)31-10-13-8-16(25(27,28)29)17(26)9-14(13)11-31/h8-9,15H,4-7,10-12H2,1-3H3,(H,30,36)/t24-/m1/s1. The summed E-state index contributed by atoms with van der Waals surface area (Å²) in [4.78, 5) is 64.9. The Morgan fingerprint density at radius 2 is 1.69 bits per heavy atom. The molecule has 1 aromatic carbocycles. The molecular formula is C25H27ClF3N3O7. The van der Waals surface area contributed by atoms with Crippen LogP contribution in [0.25, 0.3) is 0 Å². The van der Waals surface area contributed by atoms with E-state index in [4.69, 9.17) is 21.1 Å². The topological polar surface area (TPSA) is 122 Å². The number of carbonyl (C=O) groups is 5. The lowest BCUT2D eigenvalue weighted by atomic mass is 9.87. The van der Waals surface area contributed by atoms with E-state index in [1.807, 2.05) is 0 Å². The first-order valence-electron chi connectivity index (χ1n) is 12.2. The minimum absolute atomic E-state index is 0.0501. The average Bonchev–Trinajstić information content (AvgIpc) is 3.54. The van der Waals surface area contributed by atoms with Crippen molar-refractivity contribution < 1.29 is 46.6 Å². The second kappa shape index (κ2) is 10.00. The molecule has 4 rings (SSSR count). The van der Waals surface area contributed by atoms with Crippen molar-refractivity contribution in [3.63, 3.8) is 0 Å². The Morgan fingerprint density at radius 3 is 2.26 bits per heavy atom. The van der Waals surface area contributed by atoms with Gasteiger partial charge in [0.15, 0.2) is 0 Å². The highest BCUT2D eigenvalue weighted by atomic mass is 35.5. The number of hydrogen-bond acceptors (Lipinski definition) is 7. The Hall–Kier alpha value is -3.35. The summed E-state index contributed by atoms with van der Waals surface area (Å²) in [5, 5.41) is 2.09. The summed E-state index contributed by atoms with van der Waals surface area (Å²) >= 11 is 5.80. The molecule has 1 aliphatic carbocycles. The Balaban J connectivity index is 1.39. The molecule has 0 bridgehead atoms. The summed E-state index contributed by atoms with van der Waals surface area (Å²) in [5.74, 6) is -2.27. The summed E-state index contributed by atoms with van der Waals surface area (Å²) < 4.78 is 49.3. The molecule has 10 nitrogen and oxygen atoms in total. The van der Waals surface area contributed by atoms with Gasteiger partial charge >= 0.3 is 24.3 Å². The van der Waals surface area contributed by atoms with Gasteiger partial charge in [0.2, 0.25) is 12.7 Å². The number of nitrogens with zero attached hydrogens (tertiary/aromatic N) is 2. The summed E-state index contributed by atoms with van der Waals surface area (Å²) in [6.07, 6.45) is -5.11. The normalized spacial score (nSPS) is 21.1. The van der Waals surface area contributed by atoms with Gasteiger partial charge in [0.25, 0.3) is 5.91 Å². The largest absolute Gasteiger partial charge is 0.427 e. The predicted molar refractivity (Wildman–Crippen MR) is 128 cm³/mol. The lowest BCUT2D eigenvalue weighted by Crippen LogP contribution is -2.50. The molecule has 39 heavy (non-hydrogen) atoms. The maximum atomic E-state index is 13.3. The molecule has 14 heteroatoms. The number of hydrogen-bond donors (Lipinski definition) is 1. The molecule has 0 aromatic heterocycles. The molecule has 5 amide bonds. The average molecular weight is 574 g/mol. The zero-order chi connectivity index (χ0) is 28.9. The molecule has 1 atom stereocenters. The Morgan fingerprint density at radius 1 is 1.08 bits per heavy atom. The second-order valence-corrected chi connectivity index (χ2v) is 11.3. The number of nitrogens with one attached hydrogen (secondary N) is 1. The maximum Gasteiger partial charge on any atom is 0.427 e. The molecule has 212 valence electrons. The third-order valence-corrected chi connectivity index (χ3v) is 7.28. The molecule has 2 fully saturated rings. The van der Waals surface area contributed by atoms with Crippen LogP contribution >= 0.6 is 11.6 Å². The van der Waals surface area contributed by atoms with Crippen LogP contribution < -0.4 is 5.32 Å². The lowest BCUT2D eigenvalue weighted by molar-refractivity contribution is -0.161. The van der Waals surface area contributed by atoms with Gasteiger partial charge in [0.1, 0.15) is 5.54 Å². The highest BCUT2D eigenvalue weighted by Crippen LogP contribution is 2.46. The first-order chi connectivity index (χ1) is 18.0. The Labute approximate surface area is 226 Å². The van der Waals surface area contributed by atoms with E-state index in [2.05, 4.69) is 5.32 Å². The fraction of sp³-hybridized carbons (Fsp3) is 0.560. The van der Waals surface area contributed by atoms with Crippen molar-refractivity contribution in [3.8, 4) is 0 Å². The number of ether oxygens (including phenoxy) is 2. The van der Waals surface area contributed by atoms with Crippen molar-refractivity contribution in [1.82, 2.24) is 15.1 Å². The highest BCUT2D eigenvalue weighted by molar-refractivity contribution is 6.31. The van der Waals surface area contributed by atoms with Crippen LogP contribution in [0.2, 0.25) is 5.02 Å². The van der Waals surface area contributed by atoms with Gasteiger partial charge < -0.3 is 19.7 Å². The van der Waals surface area contributed by atoms with Crippen molar-refractivity contribution in [2.75, 3.05) is 6.79 Å². The van der Waals surface area contributed by atoms with Crippen LogP contribution in [-0.4, -0.2) is 52.0 Å². The quantitative estimate of drug-likeness (QED) is 0.305. The molecular weight excluding hydrogens is 547 g/mol. The second-order valence-electron chi connectivity index (χ2n) is 10.9. The third kappa shape index (κ3) is 5.68. The molecule has 0 radical (unpaired) electrons. The fourth-order valence-electron chi connectivity index (χ4n) is 4.68. The van der Waals surface area contributed by atoms with Crippen LogP contribution in [-0.2, 0) is 43.1 Å². The third-order valence-electron chi connectivity index (χ3n) is 6.96. The summed E-state index contributed by atoms with van der Waals surface area (Å²) in [5.41, 5.74) is -2.53. The molecule has 0 unspecified atom stereocenters. The predicted octanol–water partition coefficient (Wildman–Crippen LogP) is 4.37. The number of esters is 1. The van der Waals surface area contributed by atoms with Gasteiger partial charge in [-0.25, -0.2) is 9.59 Å². The molecule has 0 spiro atoms. The van der Waals surface area contributed by atoms with Gasteiger partial charge in [-0.05, 0) is 69.2 Å². The first kappa shape index (κ1) is 28.7. The Kier molecular flexibility index (Phi) is 7.34. The van der Waals surface area contributed by atoms with Crippen molar-refractivity contribution in [2.24, 2.45) is 11.3 Å². The summed E-state index contributed by atoms with van der Waals surface area (Å²) in [7, 11) is 0. The summed E-state index contributed by atoms with van der Waals surface area (Å²) in [6.45, 7) is 3.97. The molecule has 1 saturated heterocycles. The smallest absolute Gasteiger partial charge is 0.427 e. The van der Waals surface area contributed by atoms with Crippen LogP contribution in [0.3, 0.4) is 0 Å². The van der Waals surface area contributed by atoms with E-state index in [-0.39, 0.29) is 31.8 Å². The number of alkyl halides is 3. The number of fused-ring (bicyclic) bond motifs is 1. The fourth-order valence-corrected chi connectivity index (χ4v) is 4.97. The van der Waals surface area contributed by atoms with E-state index in [1.54, 1.807) is 20.8 Å². The number of imide groups is 3. The van der Waals surface area contributed by atoms with Crippen molar-refractivity contribution >= 4 is 41.5 Å². The van der Waals surface area contributed by atoms with Gasteiger partial charge in [-0.3, -0.25) is 14.4 Å². The maximum absolute atomic E-state index is 13.3. The van der Waals surface area contributed by atoms with Crippen LogP contribution in [0.4, 0.5) is 22.8 Å². The molecule has 2 heterocycles. The van der Waals surface area contributed by atoms with Crippen molar-refractivity contribution in [2.45, 2.75) is 71.3 Å². The zero-order valence-corrected chi connectivity index (χ0v) is 22.2. The molecule has 1 aromatic rings. The Bertz CT molecular complexity index is 1240.